The Bertz CT molecular complexity index is 784. The molecule has 2 aromatic rings. The first-order valence-corrected chi connectivity index (χ1v) is 9.34. The summed E-state index contributed by atoms with van der Waals surface area (Å²) >= 11 is 3.40. The van der Waals surface area contributed by atoms with Crippen molar-refractivity contribution in [3.05, 3.63) is 52.5 Å². The van der Waals surface area contributed by atoms with E-state index >= 15 is 0 Å². The Morgan fingerprint density at radius 2 is 1.88 bits per heavy atom. The highest BCUT2D eigenvalue weighted by atomic mass is 79.9. The van der Waals surface area contributed by atoms with Crippen LogP contribution in [0, 0.1) is 5.92 Å². The van der Waals surface area contributed by atoms with Gasteiger partial charge in [-0.15, -0.1) is 0 Å². The molecule has 1 aliphatic rings. The van der Waals surface area contributed by atoms with Gasteiger partial charge in [-0.3, -0.25) is 9.59 Å². The summed E-state index contributed by atoms with van der Waals surface area (Å²) < 4.78 is 6.23. The highest BCUT2D eigenvalue weighted by Gasteiger charge is 2.25. The van der Waals surface area contributed by atoms with E-state index in [1.807, 2.05) is 42.5 Å². The molecule has 0 aromatic heterocycles. The third-order valence-corrected chi connectivity index (χ3v) is 5.17. The zero-order chi connectivity index (χ0) is 18.5. The normalized spacial score (nSPS) is 14.8. The Hall–Kier alpha value is -2.34. The van der Waals surface area contributed by atoms with Crippen molar-refractivity contribution in [1.29, 1.82) is 0 Å². The number of nitrogens with one attached hydrogen (secondary N) is 1. The SMILES string of the molecule is COc1cc(Br)ccc1NC(=O)C1CCN(c2ccc(C=O)cc2)CC1. The van der Waals surface area contributed by atoms with E-state index in [0.717, 1.165) is 42.4 Å². The lowest BCUT2D eigenvalue weighted by atomic mass is 9.95. The number of rotatable bonds is 5. The maximum absolute atomic E-state index is 12.6. The number of ether oxygens (including phenoxy) is 1. The van der Waals surface area contributed by atoms with E-state index in [2.05, 4.69) is 26.1 Å². The molecule has 1 fully saturated rings. The molecule has 0 bridgehead atoms. The summed E-state index contributed by atoms with van der Waals surface area (Å²) in [5.41, 5.74) is 2.45. The van der Waals surface area contributed by atoms with E-state index in [0.29, 0.717) is 17.0 Å². The van der Waals surface area contributed by atoms with E-state index in [-0.39, 0.29) is 11.8 Å². The van der Waals surface area contributed by atoms with E-state index in [1.54, 1.807) is 7.11 Å². The van der Waals surface area contributed by atoms with Gasteiger partial charge in [-0.25, -0.2) is 0 Å². The van der Waals surface area contributed by atoms with Crippen molar-refractivity contribution in [2.75, 3.05) is 30.4 Å². The van der Waals surface area contributed by atoms with Gasteiger partial charge in [0.1, 0.15) is 12.0 Å². The average Bonchev–Trinajstić information content (AvgIpc) is 2.69. The highest BCUT2D eigenvalue weighted by molar-refractivity contribution is 9.10. The van der Waals surface area contributed by atoms with Crippen LogP contribution in [0.15, 0.2) is 46.9 Å². The van der Waals surface area contributed by atoms with E-state index in [1.165, 1.54) is 0 Å². The second kappa shape index (κ2) is 8.36. The van der Waals surface area contributed by atoms with Gasteiger partial charge in [-0.1, -0.05) is 15.9 Å². The molecule has 0 spiro atoms. The molecule has 2 aromatic carbocycles. The molecule has 26 heavy (non-hydrogen) atoms. The Labute approximate surface area is 161 Å². The lowest BCUT2D eigenvalue weighted by Gasteiger charge is -2.33. The van der Waals surface area contributed by atoms with Crippen LogP contribution in [-0.2, 0) is 4.79 Å². The molecule has 0 atom stereocenters. The first-order valence-electron chi connectivity index (χ1n) is 8.55. The standard InChI is InChI=1S/C20H21BrN2O3/c1-26-19-12-16(21)4-7-18(19)22-20(25)15-8-10-23(11-9-15)17-5-2-14(13-24)3-6-17/h2-7,12-13,15H,8-11H2,1H3,(H,22,25). The Balaban J connectivity index is 1.59. The van der Waals surface area contributed by atoms with Gasteiger partial charge in [0.15, 0.2) is 0 Å². The summed E-state index contributed by atoms with van der Waals surface area (Å²) in [7, 11) is 1.59. The first kappa shape index (κ1) is 18.5. The minimum atomic E-state index is -0.0196. The number of nitrogens with zero attached hydrogens (tertiary/aromatic N) is 1. The molecule has 1 aliphatic heterocycles. The maximum atomic E-state index is 12.6. The molecule has 5 nitrogen and oxygen atoms in total. The number of methoxy groups -OCH3 is 1. The van der Waals surface area contributed by atoms with E-state index in [4.69, 9.17) is 4.74 Å². The highest BCUT2D eigenvalue weighted by Crippen LogP contribution is 2.30. The average molecular weight is 417 g/mol. The number of hydrogen-bond donors (Lipinski definition) is 1. The Morgan fingerprint density at radius 3 is 2.50 bits per heavy atom. The number of carbonyl (C=O) groups is 2. The lowest BCUT2D eigenvalue weighted by molar-refractivity contribution is -0.120. The molecule has 0 aliphatic carbocycles. The Morgan fingerprint density at radius 1 is 1.19 bits per heavy atom. The number of piperidine rings is 1. The van der Waals surface area contributed by atoms with Gasteiger partial charge in [0.2, 0.25) is 5.91 Å². The minimum absolute atomic E-state index is 0.0196. The minimum Gasteiger partial charge on any atom is -0.495 e. The molecule has 136 valence electrons. The van der Waals surface area contributed by atoms with Crippen molar-refractivity contribution >= 4 is 39.5 Å². The largest absolute Gasteiger partial charge is 0.495 e. The number of hydrogen-bond acceptors (Lipinski definition) is 4. The second-order valence-electron chi connectivity index (χ2n) is 6.30. The summed E-state index contributed by atoms with van der Waals surface area (Å²) in [6, 6.07) is 13.1. The van der Waals surface area contributed by atoms with E-state index in [9.17, 15) is 9.59 Å². The summed E-state index contributed by atoms with van der Waals surface area (Å²) in [6.07, 6.45) is 2.43. The molecular weight excluding hydrogens is 396 g/mol. The van der Waals surface area contributed by atoms with Gasteiger partial charge in [0, 0.05) is 34.7 Å². The fourth-order valence-corrected chi connectivity index (χ4v) is 3.51. The molecule has 3 rings (SSSR count). The number of amides is 1. The predicted octanol–water partition coefficient (Wildman–Crippen LogP) is 4.13. The van der Waals surface area contributed by atoms with Crippen LogP contribution in [-0.4, -0.2) is 32.4 Å². The maximum Gasteiger partial charge on any atom is 0.227 e. The van der Waals surface area contributed by atoms with Gasteiger partial charge in [-0.05, 0) is 55.3 Å². The topological polar surface area (TPSA) is 58.6 Å². The van der Waals surface area contributed by atoms with Gasteiger partial charge in [-0.2, -0.15) is 0 Å². The smallest absolute Gasteiger partial charge is 0.227 e. The first-order chi connectivity index (χ1) is 12.6. The van der Waals surface area contributed by atoms with Crippen molar-refractivity contribution in [3.8, 4) is 5.75 Å². The van der Waals surface area contributed by atoms with Crippen molar-refractivity contribution in [1.82, 2.24) is 0 Å². The molecule has 1 saturated heterocycles. The fourth-order valence-electron chi connectivity index (χ4n) is 3.17. The second-order valence-corrected chi connectivity index (χ2v) is 7.22. The van der Waals surface area contributed by atoms with Crippen molar-refractivity contribution in [2.45, 2.75) is 12.8 Å². The summed E-state index contributed by atoms with van der Waals surface area (Å²) in [5, 5.41) is 2.99. The fraction of sp³-hybridized carbons (Fsp3) is 0.300. The van der Waals surface area contributed by atoms with Crippen LogP contribution in [0.4, 0.5) is 11.4 Å². The number of halogens is 1. The van der Waals surface area contributed by atoms with Crippen molar-refractivity contribution < 1.29 is 14.3 Å². The van der Waals surface area contributed by atoms with Crippen molar-refractivity contribution in [2.24, 2.45) is 5.92 Å². The summed E-state index contributed by atoms with van der Waals surface area (Å²) in [5.74, 6) is 0.649. The molecule has 6 heteroatoms. The van der Waals surface area contributed by atoms with Gasteiger partial charge < -0.3 is 15.0 Å². The van der Waals surface area contributed by atoms with Crippen LogP contribution < -0.4 is 15.0 Å². The number of anilines is 2. The molecule has 0 saturated carbocycles. The van der Waals surface area contributed by atoms with Crippen LogP contribution in [0.25, 0.3) is 0 Å². The molecular formula is C20H21BrN2O3. The predicted molar refractivity (Wildman–Crippen MR) is 106 cm³/mol. The molecule has 0 unspecified atom stereocenters. The van der Waals surface area contributed by atoms with Crippen LogP contribution >= 0.6 is 15.9 Å². The van der Waals surface area contributed by atoms with E-state index < -0.39 is 0 Å². The molecule has 1 N–H and O–H groups in total. The van der Waals surface area contributed by atoms with Gasteiger partial charge >= 0.3 is 0 Å². The zero-order valence-corrected chi connectivity index (χ0v) is 16.2. The van der Waals surface area contributed by atoms with Gasteiger partial charge in [0.25, 0.3) is 0 Å². The van der Waals surface area contributed by atoms with Crippen LogP contribution in [0.5, 0.6) is 5.75 Å². The summed E-state index contributed by atoms with van der Waals surface area (Å²) in [6.45, 7) is 1.63. The number of benzene rings is 2. The third kappa shape index (κ3) is 4.25. The molecule has 0 radical (unpaired) electrons. The summed E-state index contributed by atoms with van der Waals surface area (Å²) in [4.78, 5) is 25.6. The number of carbonyl (C=O) groups excluding carboxylic acids is 2. The molecule has 1 heterocycles. The lowest BCUT2D eigenvalue weighted by Crippen LogP contribution is -2.38. The molecule has 1 amide bonds. The van der Waals surface area contributed by atoms with Crippen LogP contribution in [0.1, 0.15) is 23.2 Å². The third-order valence-electron chi connectivity index (χ3n) is 4.68. The van der Waals surface area contributed by atoms with Crippen LogP contribution in [0.2, 0.25) is 0 Å². The number of aldehydes is 1. The monoisotopic (exact) mass is 416 g/mol. The van der Waals surface area contributed by atoms with Gasteiger partial charge in [0.05, 0.1) is 12.8 Å². The zero-order valence-electron chi connectivity index (χ0n) is 14.6. The Kier molecular flexibility index (Phi) is 5.93. The van der Waals surface area contributed by atoms with Crippen LogP contribution in [0.3, 0.4) is 0 Å². The quantitative estimate of drug-likeness (QED) is 0.744. The van der Waals surface area contributed by atoms with Crippen molar-refractivity contribution in [3.63, 3.8) is 0 Å².